The van der Waals surface area contributed by atoms with Crippen LogP contribution in [0.15, 0.2) is 30.3 Å². The maximum absolute atomic E-state index is 12.4. The van der Waals surface area contributed by atoms with E-state index in [1.165, 1.54) is 7.11 Å². The van der Waals surface area contributed by atoms with Crippen LogP contribution in [0.4, 0.5) is 0 Å². The summed E-state index contributed by atoms with van der Waals surface area (Å²) in [7, 11) is 1.31. The van der Waals surface area contributed by atoms with Crippen LogP contribution in [0, 0.1) is 17.3 Å². The molecule has 2 rings (SSSR count). The van der Waals surface area contributed by atoms with Crippen molar-refractivity contribution in [3.8, 4) is 0 Å². The molecule has 1 saturated carbocycles. The predicted octanol–water partition coefficient (Wildman–Crippen LogP) is 1.61. The van der Waals surface area contributed by atoms with Crippen molar-refractivity contribution >= 4 is 11.8 Å². The summed E-state index contributed by atoms with van der Waals surface area (Å²) in [5.74, 6) is -1.31. The first-order valence-electron chi connectivity index (χ1n) is 6.79. The fourth-order valence-electron chi connectivity index (χ4n) is 3.20. The highest BCUT2D eigenvalue weighted by molar-refractivity contribution is 5.93. The normalized spacial score (nSPS) is 29.4. The van der Waals surface area contributed by atoms with Gasteiger partial charge in [-0.05, 0) is 12.0 Å². The number of rotatable bonds is 4. The molecule has 1 fully saturated rings. The predicted molar refractivity (Wildman–Crippen MR) is 74.0 cm³/mol. The Bertz CT molecular complexity index is 496. The maximum Gasteiger partial charge on any atom is 0.309 e. The topological polar surface area (TPSA) is 63.6 Å². The fraction of sp³-hybridized carbons (Fsp3) is 0.500. The summed E-state index contributed by atoms with van der Waals surface area (Å²) in [6, 6.07) is 9.67. The van der Waals surface area contributed by atoms with Crippen molar-refractivity contribution in [3.05, 3.63) is 35.9 Å². The smallest absolute Gasteiger partial charge is 0.309 e. The van der Waals surface area contributed by atoms with Gasteiger partial charge in [-0.3, -0.25) is 9.59 Å². The zero-order chi connectivity index (χ0) is 14.8. The summed E-state index contributed by atoms with van der Waals surface area (Å²) in [5, 5.41) is 9.65. The lowest BCUT2D eigenvalue weighted by Crippen LogP contribution is -2.36. The lowest BCUT2D eigenvalue weighted by atomic mass is 9.73. The number of hydrogen-bond donors (Lipinski definition) is 1. The summed E-state index contributed by atoms with van der Waals surface area (Å²) in [4.78, 5) is 24.2. The Morgan fingerprint density at radius 1 is 1.40 bits per heavy atom. The first-order valence-corrected chi connectivity index (χ1v) is 6.79. The number of benzene rings is 1. The summed E-state index contributed by atoms with van der Waals surface area (Å²) >= 11 is 0. The Kier molecular flexibility index (Phi) is 4.23. The van der Waals surface area contributed by atoms with Crippen molar-refractivity contribution in [1.29, 1.82) is 0 Å². The largest absolute Gasteiger partial charge is 0.469 e. The van der Waals surface area contributed by atoms with Crippen LogP contribution in [0.25, 0.3) is 0 Å². The highest BCUT2D eigenvalue weighted by Gasteiger charge is 2.53. The van der Waals surface area contributed by atoms with Crippen LogP contribution < -0.4 is 0 Å². The number of carbonyl (C=O) groups is 2. The van der Waals surface area contributed by atoms with Crippen molar-refractivity contribution in [1.82, 2.24) is 0 Å². The Morgan fingerprint density at radius 3 is 2.60 bits per heavy atom. The minimum absolute atomic E-state index is 0.0239. The van der Waals surface area contributed by atoms with Gasteiger partial charge in [-0.1, -0.05) is 37.3 Å². The molecule has 1 aromatic rings. The molecule has 1 aliphatic rings. The number of carbonyl (C=O) groups excluding carboxylic acids is 2. The number of aliphatic hydroxyl groups is 1. The van der Waals surface area contributed by atoms with E-state index in [1.807, 2.05) is 37.3 Å². The Balaban J connectivity index is 2.28. The molecule has 0 aromatic heterocycles. The van der Waals surface area contributed by atoms with Crippen molar-refractivity contribution in [2.45, 2.75) is 19.8 Å². The van der Waals surface area contributed by atoms with E-state index in [-0.39, 0.29) is 24.7 Å². The van der Waals surface area contributed by atoms with Gasteiger partial charge < -0.3 is 9.84 Å². The van der Waals surface area contributed by atoms with Gasteiger partial charge in [0.15, 0.2) is 0 Å². The molecule has 0 radical (unpaired) electrons. The lowest BCUT2D eigenvalue weighted by Gasteiger charge is -2.30. The van der Waals surface area contributed by atoms with Crippen molar-refractivity contribution in [2.24, 2.45) is 17.3 Å². The molecule has 0 unspecified atom stereocenters. The molecule has 108 valence electrons. The molecule has 0 heterocycles. The first-order chi connectivity index (χ1) is 9.52. The number of methoxy groups -OCH3 is 1. The second kappa shape index (κ2) is 5.75. The van der Waals surface area contributed by atoms with E-state index in [2.05, 4.69) is 0 Å². The Morgan fingerprint density at radius 2 is 2.05 bits per heavy atom. The van der Waals surface area contributed by atoms with Gasteiger partial charge in [-0.15, -0.1) is 0 Å². The number of esters is 1. The molecule has 3 atom stereocenters. The third-order valence-electron chi connectivity index (χ3n) is 4.46. The molecule has 0 spiro atoms. The number of aliphatic hydroxyl groups excluding tert-OH is 1. The van der Waals surface area contributed by atoms with Crippen LogP contribution in [0.1, 0.15) is 18.9 Å². The average molecular weight is 276 g/mol. The van der Waals surface area contributed by atoms with Crippen LogP contribution in [-0.4, -0.2) is 30.6 Å². The van der Waals surface area contributed by atoms with E-state index in [4.69, 9.17) is 4.74 Å². The Labute approximate surface area is 118 Å². The second-order valence-electron chi connectivity index (χ2n) is 5.63. The third-order valence-corrected chi connectivity index (χ3v) is 4.46. The SMILES string of the molecule is COC(=O)[C@H]1CC(=O)[C@@](C)(Cc2ccccc2)[C@@H]1CO. The van der Waals surface area contributed by atoms with Gasteiger partial charge in [0.05, 0.1) is 13.0 Å². The molecule has 0 bridgehead atoms. The summed E-state index contributed by atoms with van der Waals surface area (Å²) in [6.45, 7) is 1.65. The van der Waals surface area contributed by atoms with Crippen LogP contribution in [0.2, 0.25) is 0 Å². The monoisotopic (exact) mass is 276 g/mol. The standard InChI is InChI=1S/C16H20O4/c1-16(9-11-6-4-3-5-7-11)13(10-17)12(8-14(16)18)15(19)20-2/h3-7,12-13,17H,8-10H2,1-2H3/t12-,13+,16-/m0/s1. The van der Waals surface area contributed by atoms with E-state index in [1.54, 1.807) is 0 Å². The van der Waals surface area contributed by atoms with E-state index in [0.29, 0.717) is 6.42 Å². The van der Waals surface area contributed by atoms with E-state index < -0.39 is 17.3 Å². The summed E-state index contributed by atoms with van der Waals surface area (Å²) < 4.78 is 4.76. The molecular weight excluding hydrogens is 256 g/mol. The number of hydrogen-bond acceptors (Lipinski definition) is 4. The molecule has 0 aliphatic heterocycles. The maximum atomic E-state index is 12.4. The third kappa shape index (κ3) is 2.48. The zero-order valence-electron chi connectivity index (χ0n) is 11.8. The molecule has 0 amide bonds. The van der Waals surface area contributed by atoms with Gasteiger partial charge in [-0.25, -0.2) is 0 Å². The van der Waals surface area contributed by atoms with E-state index in [0.717, 1.165) is 5.56 Å². The molecule has 0 saturated heterocycles. The second-order valence-corrected chi connectivity index (χ2v) is 5.63. The zero-order valence-corrected chi connectivity index (χ0v) is 11.8. The first kappa shape index (κ1) is 14.7. The van der Waals surface area contributed by atoms with Crippen LogP contribution >= 0.6 is 0 Å². The van der Waals surface area contributed by atoms with Gasteiger partial charge in [0.2, 0.25) is 0 Å². The van der Waals surface area contributed by atoms with E-state index in [9.17, 15) is 14.7 Å². The highest BCUT2D eigenvalue weighted by atomic mass is 16.5. The minimum Gasteiger partial charge on any atom is -0.469 e. The van der Waals surface area contributed by atoms with E-state index >= 15 is 0 Å². The highest BCUT2D eigenvalue weighted by Crippen LogP contribution is 2.46. The van der Waals surface area contributed by atoms with Gasteiger partial charge in [0, 0.05) is 24.4 Å². The average Bonchev–Trinajstić information content (AvgIpc) is 2.70. The van der Waals surface area contributed by atoms with Gasteiger partial charge in [-0.2, -0.15) is 0 Å². The fourth-order valence-corrected chi connectivity index (χ4v) is 3.20. The van der Waals surface area contributed by atoms with Crippen LogP contribution in [0.5, 0.6) is 0 Å². The summed E-state index contributed by atoms with van der Waals surface area (Å²) in [5.41, 5.74) is 0.321. The molecule has 1 aliphatic carbocycles. The molecule has 1 N–H and O–H groups in total. The van der Waals surface area contributed by atoms with Gasteiger partial charge in [0.1, 0.15) is 5.78 Å². The molecule has 4 heteroatoms. The van der Waals surface area contributed by atoms with Crippen LogP contribution in [-0.2, 0) is 20.7 Å². The van der Waals surface area contributed by atoms with Crippen molar-refractivity contribution in [2.75, 3.05) is 13.7 Å². The molecule has 1 aromatic carbocycles. The number of Topliss-reactive ketones (excluding diaryl/α,β-unsaturated/α-hetero) is 1. The number of ketones is 1. The van der Waals surface area contributed by atoms with Gasteiger partial charge >= 0.3 is 5.97 Å². The Hall–Kier alpha value is -1.68. The quantitative estimate of drug-likeness (QED) is 0.849. The molecule has 20 heavy (non-hydrogen) atoms. The lowest BCUT2D eigenvalue weighted by molar-refractivity contribution is -0.148. The molecule has 4 nitrogen and oxygen atoms in total. The van der Waals surface area contributed by atoms with Crippen molar-refractivity contribution < 1.29 is 19.4 Å². The number of ether oxygens (including phenoxy) is 1. The van der Waals surface area contributed by atoms with Gasteiger partial charge in [0.25, 0.3) is 0 Å². The molecular formula is C16H20O4. The summed E-state index contributed by atoms with van der Waals surface area (Å²) in [6.07, 6.45) is 0.687. The minimum atomic E-state index is -0.713. The van der Waals surface area contributed by atoms with Crippen molar-refractivity contribution in [3.63, 3.8) is 0 Å². The van der Waals surface area contributed by atoms with Crippen LogP contribution in [0.3, 0.4) is 0 Å².